The van der Waals surface area contributed by atoms with Crippen molar-refractivity contribution in [1.82, 2.24) is 10.3 Å². The number of benzene rings is 1. The fraction of sp³-hybridized carbons (Fsp3) is 0.308. The number of aromatic nitrogens is 1. The summed E-state index contributed by atoms with van der Waals surface area (Å²) in [6.07, 6.45) is 2.80. The Kier molecular flexibility index (Phi) is 4.23. The van der Waals surface area contributed by atoms with Crippen molar-refractivity contribution in [1.29, 1.82) is 0 Å². The highest BCUT2D eigenvalue weighted by atomic mass is 32.1. The molecule has 0 fully saturated rings. The molecule has 0 saturated carbocycles. The van der Waals surface area contributed by atoms with E-state index in [1.54, 1.807) is 17.4 Å². The molecule has 2 aromatic rings. The van der Waals surface area contributed by atoms with Crippen molar-refractivity contribution in [3.8, 4) is 0 Å². The van der Waals surface area contributed by atoms with Gasteiger partial charge in [0.15, 0.2) is 0 Å². The molecule has 0 spiro atoms. The van der Waals surface area contributed by atoms with Gasteiger partial charge >= 0.3 is 0 Å². The van der Waals surface area contributed by atoms with Gasteiger partial charge in [0.2, 0.25) is 0 Å². The van der Waals surface area contributed by atoms with E-state index >= 15 is 0 Å². The van der Waals surface area contributed by atoms with Gasteiger partial charge in [-0.05, 0) is 43.1 Å². The van der Waals surface area contributed by atoms with Crippen LogP contribution in [0.2, 0.25) is 0 Å². The first kappa shape index (κ1) is 12.2. The van der Waals surface area contributed by atoms with Crippen molar-refractivity contribution < 1.29 is 4.39 Å². The van der Waals surface area contributed by atoms with E-state index in [-0.39, 0.29) is 5.82 Å². The lowest BCUT2D eigenvalue weighted by atomic mass is 10.1. The SMILES string of the molecule is Cc1cc(F)ccc1CCNCc1cncs1. The minimum atomic E-state index is -0.163. The van der Waals surface area contributed by atoms with E-state index in [1.807, 2.05) is 24.7 Å². The molecule has 0 unspecified atom stereocenters. The molecule has 0 aliphatic carbocycles. The van der Waals surface area contributed by atoms with E-state index < -0.39 is 0 Å². The predicted octanol–water partition coefficient (Wildman–Crippen LogP) is 2.92. The summed E-state index contributed by atoms with van der Waals surface area (Å²) in [6, 6.07) is 4.96. The number of halogens is 1. The van der Waals surface area contributed by atoms with Gasteiger partial charge in [0.1, 0.15) is 5.82 Å². The van der Waals surface area contributed by atoms with Gasteiger partial charge in [-0.25, -0.2) is 4.39 Å². The van der Waals surface area contributed by atoms with Crippen molar-refractivity contribution in [2.75, 3.05) is 6.54 Å². The van der Waals surface area contributed by atoms with Gasteiger partial charge in [-0.15, -0.1) is 11.3 Å². The van der Waals surface area contributed by atoms with Crippen molar-refractivity contribution in [2.24, 2.45) is 0 Å². The molecule has 1 heterocycles. The number of nitrogens with one attached hydrogen (secondary N) is 1. The van der Waals surface area contributed by atoms with Crippen molar-refractivity contribution in [3.63, 3.8) is 0 Å². The summed E-state index contributed by atoms with van der Waals surface area (Å²) in [4.78, 5) is 5.26. The van der Waals surface area contributed by atoms with Crippen LogP contribution in [-0.2, 0) is 13.0 Å². The Labute approximate surface area is 105 Å². The van der Waals surface area contributed by atoms with Crippen molar-refractivity contribution >= 4 is 11.3 Å². The van der Waals surface area contributed by atoms with E-state index in [1.165, 1.54) is 16.5 Å². The molecule has 90 valence electrons. The van der Waals surface area contributed by atoms with Gasteiger partial charge in [-0.3, -0.25) is 4.98 Å². The molecule has 0 aliphatic rings. The lowest BCUT2D eigenvalue weighted by Gasteiger charge is -2.06. The average Bonchev–Trinajstić information content (AvgIpc) is 2.79. The first-order valence-corrected chi connectivity index (χ1v) is 6.47. The third-order valence-electron chi connectivity index (χ3n) is 2.66. The molecular weight excluding hydrogens is 235 g/mol. The van der Waals surface area contributed by atoms with Gasteiger partial charge in [-0.1, -0.05) is 6.07 Å². The number of hydrogen-bond donors (Lipinski definition) is 1. The minimum absolute atomic E-state index is 0.163. The molecule has 1 aromatic heterocycles. The monoisotopic (exact) mass is 250 g/mol. The fourth-order valence-electron chi connectivity index (χ4n) is 1.70. The minimum Gasteiger partial charge on any atom is -0.311 e. The standard InChI is InChI=1S/C13H15FN2S/c1-10-6-12(14)3-2-11(10)4-5-15-7-13-8-16-9-17-13/h2-3,6,8-9,15H,4-5,7H2,1H3. The molecule has 1 N–H and O–H groups in total. The van der Waals surface area contributed by atoms with Gasteiger partial charge in [0.25, 0.3) is 0 Å². The Bertz CT molecular complexity index is 468. The third-order valence-corrected chi connectivity index (χ3v) is 3.44. The summed E-state index contributed by atoms with van der Waals surface area (Å²) >= 11 is 1.65. The Morgan fingerprint density at radius 1 is 1.41 bits per heavy atom. The van der Waals surface area contributed by atoms with Crippen LogP contribution in [0.15, 0.2) is 29.9 Å². The molecule has 2 rings (SSSR count). The van der Waals surface area contributed by atoms with Gasteiger partial charge in [0.05, 0.1) is 5.51 Å². The highest BCUT2D eigenvalue weighted by Gasteiger charge is 2.00. The first-order valence-electron chi connectivity index (χ1n) is 5.59. The van der Waals surface area contributed by atoms with E-state index in [0.29, 0.717) is 0 Å². The maximum atomic E-state index is 12.9. The second-order valence-electron chi connectivity index (χ2n) is 3.97. The summed E-state index contributed by atoms with van der Waals surface area (Å²) < 4.78 is 12.9. The number of hydrogen-bond acceptors (Lipinski definition) is 3. The normalized spacial score (nSPS) is 10.7. The van der Waals surface area contributed by atoms with Gasteiger partial charge < -0.3 is 5.32 Å². The fourth-order valence-corrected chi connectivity index (χ4v) is 2.27. The zero-order valence-corrected chi connectivity index (χ0v) is 10.6. The zero-order chi connectivity index (χ0) is 12.1. The molecule has 0 saturated heterocycles. The largest absolute Gasteiger partial charge is 0.311 e. The van der Waals surface area contributed by atoms with Crippen LogP contribution in [0.1, 0.15) is 16.0 Å². The van der Waals surface area contributed by atoms with Gasteiger partial charge in [-0.2, -0.15) is 0 Å². The van der Waals surface area contributed by atoms with Crippen LogP contribution in [0.4, 0.5) is 4.39 Å². The molecule has 1 aromatic carbocycles. The first-order chi connectivity index (χ1) is 8.25. The Hall–Kier alpha value is -1.26. The Morgan fingerprint density at radius 2 is 2.29 bits per heavy atom. The van der Waals surface area contributed by atoms with E-state index in [9.17, 15) is 4.39 Å². The molecule has 4 heteroatoms. The zero-order valence-electron chi connectivity index (χ0n) is 9.74. The summed E-state index contributed by atoms with van der Waals surface area (Å²) in [5.74, 6) is -0.163. The number of aryl methyl sites for hydroxylation is 1. The maximum absolute atomic E-state index is 12.9. The van der Waals surface area contributed by atoms with Crippen LogP contribution in [0.3, 0.4) is 0 Å². The topological polar surface area (TPSA) is 24.9 Å². The average molecular weight is 250 g/mol. The van der Waals surface area contributed by atoms with E-state index in [4.69, 9.17) is 0 Å². The highest BCUT2D eigenvalue weighted by Crippen LogP contribution is 2.10. The Balaban J connectivity index is 1.78. The third kappa shape index (κ3) is 3.61. The second kappa shape index (κ2) is 5.89. The summed E-state index contributed by atoms with van der Waals surface area (Å²) in [7, 11) is 0. The molecular formula is C13H15FN2S. The molecule has 0 atom stereocenters. The number of rotatable bonds is 5. The Morgan fingerprint density at radius 3 is 3.00 bits per heavy atom. The van der Waals surface area contributed by atoms with Crippen LogP contribution in [-0.4, -0.2) is 11.5 Å². The maximum Gasteiger partial charge on any atom is 0.123 e. The number of thiazole rings is 1. The lowest BCUT2D eigenvalue weighted by molar-refractivity contribution is 0.624. The van der Waals surface area contributed by atoms with Crippen LogP contribution >= 0.6 is 11.3 Å². The molecule has 0 amide bonds. The van der Waals surface area contributed by atoms with Crippen molar-refractivity contribution in [3.05, 3.63) is 51.7 Å². The molecule has 0 radical (unpaired) electrons. The highest BCUT2D eigenvalue weighted by molar-refractivity contribution is 7.09. The number of nitrogens with zero attached hydrogens (tertiary/aromatic N) is 1. The molecule has 17 heavy (non-hydrogen) atoms. The smallest absolute Gasteiger partial charge is 0.123 e. The van der Waals surface area contributed by atoms with Crippen LogP contribution < -0.4 is 5.32 Å². The summed E-state index contributed by atoms with van der Waals surface area (Å²) in [5, 5.41) is 3.35. The van der Waals surface area contributed by atoms with E-state index in [2.05, 4.69) is 10.3 Å². The molecule has 0 aliphatic heterocycles. The molecule has 2 nitrogen and oxygen atoms in total. The summed E-state index contributed by atoms with van der Waals surface area (Å²) in [5.41, 5.74) is 4.05. The summed E-state index contributed by atoms with van der Waals surface area (Å²) in [6.45, 7) is 3.69. The van der Waals surface area contributed by atoms with E-state index in [0.717, 1.165) is 25.1 Å². The van der Waals surface area contributed by atoms with Crippen LogP contribution in [0.5, 0.6) is 0 Å². The van der Waals surface area contributed by atoms with Crippen LogP contribution in [0, 0.1) is 12.7 Å². The van der Waals surface area contributed by atoms with Gasteiger partial charge in [0, 0.05) is 17.6 Å². The predicted molar refractivity (Wildman–Crippen MR) is 68.7 cm³/mol. The second-order valence-corrected chi connectivity index (χ2v) is 4.94. The van der Waals surface area contributed by atoms with Crippen LogP contribution in [0.25, 0.3) is 0 Å². The van der Waals surface area contributed by atoms with Crippen molar-refractivity contribution in [2.45, 2.75) is 19.9 Å². The lowest BCUT2D eigenvalue weighted by Crippen LogP contribution is -2.16. The quantitative estimate of drug-likeness (QED) is 0.825. The molecule has 0 bridgehead atoms.